The van der Waals surface area contributed by atoms with E-state index in [4.69, 9.17) is 108 Å². The number of halogens is 8. The fourth-order valence-corrected chi connectivity index (χ4v) is 18.0. The van der Waals surface area contributed by atoms with Crippen LogP contribution in [0.15, 0.2) is 178 Å². The van der Waals surface area contributed by atoms with E-state index in [-0.39, 0.29) is 23.7 Å². The zero-order valence-corrected chi connectivity index (χ0v) is 77.2. The number of pyridine rings is 4. The van der Waals surface area contributed by atoms with E-state index in [9.17, 15) is 0 Å². The number of nitrogen functional groups attached to an aromatic ring is 4. The number of rotatable bonds is 18. The minimum absolute atomic E-state index is 0.126. The van der Waals surface area contributed by atoms with Crippen LogP contribution in [0.5, 0.6) is 23.0 Å². The molecule has 16 aromatic rings. The highest BCUT2D eigenvalue weighted by atomic mass is 79.9. The Morgan fingerprint density at radius 2 is 0.617 bits per heavy atom. The van der Waals surface area contributed by atoms with Gasteiger partial charge in [0.2, 0.25) is 0 Å². The zero-order chi connectivity index (χ0) is 86.0. The van der Waals surface area contributed by atoms with Crippen molar-refractivity contribution in [3.05, 3.63) is 277 Å². The van der Waals surface area contributed by atoms with Gasteiger partial charge in [0.25, 0.3) is 0 Å². The number of imidazole rings is 4. The van der Waals surface area contributed by atoms with Crippen LogP contribution in [-0.4, -0.2) is 105 Å². The molecule has 0 aliphatic rings. The molecule has 8 N–H and O–H groups in total. The summed E-state index contributed by atoms with van der Waals surface area (Å²) in [5, 5.41) is 2.66. The average Bonchev–Trinajstić information content (AvgIpc) is 1.37. The molecule has 16 rings (SSSR count). The van der Waals surface area contributed by atoms with Crippen LogP contribution < -0.4 is 41.9 Å². The summed E-state index contributed by atoms with van der Waals surface area (Å²) in [5.74, 6) is 7.46. The Hall–Kier alpha value is -10.6. The molecule has 0 fully saturated rings. The van der Waals surface area contributed by atoms with Gasteiger partial charge in [0.15, 0.2) is 23.3 Å². The molecule has 32 heteroatoms. The highest BCUT2D eigenvalue weighted by molar-refractivity contribution is 9.11. The van der Waals surface area contributed by atoms with Crippen molar-refractivity contribution in [3.8, 4) is 67.5 Å². The van der Waals surface area contributed by atoms with Crippen LogP contribution in [0.2, 0.25) is 20.1 Å². The van der Waals surface area contributed by atoms with Gasteiger partial charge in [0, 0.05) is 209 Å². The molecule has 4 atom stereocenters. The molecule has 24 nitrogen and oxygen atoms in total. The van der Waals surface area contributed by atoms with Crippen LogP contribution in [0.1, 0.15) is 144 Å². The summed E-state index contributed by atoms with van der Waals surface area (Å²) < 4.78 is 34.5. The van der Waals surface area contributed by atoms with Crippen molar-refractivity contribution < 1.29 is 18.9 Å². The van der Waals surface area contributed by atoms with Crippen LogP contribution in [0.4, 0.5) is 23.3 Å². The molecule has 0 aliphatic carbocycles. The Labute approximate surface area is 747 Å². The number of benzene rings is 4. The third-order valence-corrected chi connectivity index (χ3v) is 24.8. The van der Waals surface area contributed by atoms with Crippen molar-refractivity contribution in [1.29, 1.82) is 0 Å². The molecule has 12 aromatic heterocycles. The number of nitrogens with zero attached hydrogens (tertiary/aromatic N) is 16. The molecule has 0 aliphatic heterocycles. The fourth-order valence-electron chi connectivity index (χ4n) is 14.9. The van der Waals surface area contributed by atoms with Gasteiger partial charge in [-0.25, -0.2) is 39.9 Å². The molecule has 12 heterocycles. The summed E-state index contributed by atoms with van der Waals surface area (Å²) in [7, 11) is 3.33. The van der Waals surface area contributed by atoms with Gasteiger partial charge in [-0.15, -0.1) is 0 Å². The maximum atomic E-state index is 6.71. The monoisotopic (exact) mass is 1940 g/mol. The summed E-state index contributed by atoms with van der Waals surface area (Å²) in [6, 6.07) is 23.7. The van der Waals surface area contributed by atoms with E-state index in [0.29, 0.717) is 75.0 Å². The molecule has 0 spiro atoms. The van der Waals surface area contributed by atoms with E-state index in [1.54, 1.807) is 51.4 Å². The SMILES string of the molecule is CCOc1c([C@@H](C)c2nc(Br)c3c(N)nccn23)cc(Cl)c(C)c1-c1ccc(C)nc1.CCOc1c([C@H](C)c2nc(Br)c3c(N)nccn23)cc(Cl)c(C)c1-c1ccc(C)nc1.COc1c([C@@H](C)c2nc(Br)c3c(N)nccn23)cc(Cl)c(C)c1-c1cccnc1.COc1c([C@H](C)c2nc(Br)c3c(N)nccn23)cc(Cl)c(C)c1-c1cccnc1. The number of nitrogens with two attached hydrogens (primary N) is 4. The van der Waals surface area contributed by atoms with Gasteiger partial charge >= 0.3 is 0 Å². The smallest absolute Gasteiger partial charge is 0.150 e. The maximum absolute atomic E-state index is 6.71. The van der Waals surface area contributed by atoms with Gasteiger partial charge in [-0.05, 0) is 190 Å². The highest BCUT2D eigenvalue weighted by Gasteiger charge is 2.32. The predicted molar refractivity (Wildman–Crippen MR) is 493 cm³/mol. The topological polar surface area (TPSA) is 313 Å². The Morgan fingerprint density at radius 1 is 0.358 bits per heavy atom. The molecule has 616 valence electrons. The molecule has 0 radical (unpaired) electrons. The number of hydrogen-bond donors (Lipinski definition) is 4. The van der Waals surface area contributed by atoms with E-state index in [1.807, 2.05) is 195 Å². The van der Waals surface area contributed by atoms with E-state index in [1.165, 1.54) is 0 Å². The predicted octanol–water partition coefficient (Wildman–Crippen LogP) is 22.4. The first kappa shape index (κ1) is 87.3. The number of aromatic nitrogens is 16. The summed E-state index contributed by atoms with van der Waals surface area (Å²) in [5.41, 5.74) is 44.2. The molecule has 0 saturated heterocycles. The van der Waals surface area contributed by atoms with Gasteiger partial charge in [-0.3, -0.25) is 37.5 Å². The fraction of sp³-hybridized carbons (Fsp3) is 0.227. The molecule has 120 heavy (non-hydrogen) atoms. The number of ether oxygens (including phenoxy) is 4. The Morgan fingerprint density at radius 3 is 0.850 bits per heavy atom. The molecule has 0 saturated carbocycles. The molecule has 0 unspecified atom stereocenters. The van der Waals surface area contributed by atoms with Gasteiger partial charge < -0.3 is 41.9 Å². The Kier molecular flexibility index (Phi) is 27.1. The van der Waals surface area contributed by atoms with Crippen molar-refractivity contribution in [2.24, 2.45) is 0 Å². The van der Waals surface area contributed by atoms with E-state index in [2.05, 4.69) is 131 Å². The summed E-state index contributed by atoms with van der Waals surface area (Å²) in [6.07, 6.45) is 24.9. The molecule has 0 amide bonds. The summed E-state index contributed by atoms with van der Waals surface area (Å²) >= 11 is 40.8. The number of anilines is 4. The van der Waals surface area contributed by atoms with Crippen LogP contribution >= 0.6 is 110 Å². The van der Waals surface area contributed by atoms with Gasteiger partial charge in [-0.1, -0.05) is 98.4 Å². The lowest BCUT2D eigenvalue weighted by atomic mass is 9.91. The second kappa shape index (κ2) is 37.2. The van der Waals surface area contributed by atoms with Crippen LogP contribution in [0.25, 0.3) is 66.6 Å². The summed E-state index contributed by atoms with van der Waals surface area (Å²) in [4.78, 5) is 53.0. The van der Waals surface area contributed by atoms with Crippen molar-refractivity contribution >= 4 is 155 Å². The number of hydrogen-bond acceptors (Lipinski definition) is 20. The largest absolute Gasteiger partial charge is 0.496 e. The first-order valence-corrected chi connectivity index (χ1v) is 42.7. The Bertz CT molecular complexity index is 6130. The third kappa shape index (κ3) is 17.0. The van der Waals surface area contributed by atoms with Crippen molar-refractivity contribution in [2.45, 2.75) is 107 Å². The first-order valence-electron chi connectivity index (χ1n) is 38.0. The third-order valence-electron chi connectivity index (χ3n) is 21.0. The Balaban J connectivity index is 0.000000138. The molecular formula is C88H84Br4Cl4N20O4. The van der Waals surface area contributed by atoms with Gasteiger partial charge in [0.05, 0.1) is 27.4 Å². The second-order valence-electron chi connectivity index (χ2n) is 28.3. The highest BCUT2D eigenvalue weighted by Crippen LogP contribution is 2.50. The van der Waals surface area contributed by atoms with E-state index in [0.717, 1.165) is 169 Å². The standard InChI is InChI=1S/2C23H23BrClN5O.2C21H19BrClN5O/c2*1-5-31-20-16(10-17(25)14(4)18(20)15-7-6-12(2)28-11-15)13(3)23-29-21(24)19-22(26)27-8-9-30(19)23;2*1-11(21-27-19(22)17-20(24)26-7-8-28(17)21)14-9-15(23)12(2)16(18(14)29-3)13-5-4-6-25-10-13/h2*6-11,13H,5H2,1-4H3,(H2,26,27);2*4-11H,1-3H3,(H2,24,26)/t2*13-;2*11-/m1010/s1. The van der Waals surface area contributed by atoms with E-state index >= 15 is 0 Å². The molecular weight excluding hydrogens is 1860 g/mol. The van der Waals surface area contributed by atoms with Crippen molar-refractivity contribution in [3.63, 3.8) is 0 Å². The van der Waals surface area contributed by atoms with Crippen molar-refractivity contribution in [2.75, 3.05) is 50.4 Å². The van der Waals surface area contributed by atoms with E-state index < -0.39 is 0 Å². The van der Waals surface area contributed by atoms with Crippen LogP contribution in [-0.2, 0) is 0 Å². The zero-order valence-electron chi connectivity index (χ0n) is 67.9. The second-order valence-corrected chi connectivity index (χ2v) is 32.9. The molecule has 4 aromatic carbocycles. The normalized spacial score (nSPS) is 12.3. The summed E-state index contributed by atoms with van der Waals surface area (Å²) in [6.45, 7) is 25.2. The number of fused-ring (bicyclic) bond motifs is 4. The van der Waals surface area contributed by atoms with Gasteiger partial charge in [-0.2, -0.15) is 0 Å². The quantitative estimate of drug-likeness (QED) is 0.0620. The number of aryl methyl sites for hydroxylation is 2. The minimum Gasteiger partial charge on any atom is -0.496 e. The van der Waals surface area contributed by atoms with Crippen LogP contribution in [0, 0.1) is 41.5 Å². The lowest BCUT2D eigenvalue weighted by Crippen LogP contribution is -2.08. The lowest BCUT2D eigenvalue weighted by Gasteiger charge is -2.22. The molecule has 0 bridgehead atoms. The average molecular weight is 1950 g/mol. The van der Waals surface area contributed by atoms with Crippen LogP contribution in [0.3, 0.4) is 0 Å². The number of methoxy groups -OCH3 is 2. The van der Waals surface area contributed by atoms with Crippen molar-refractivity contribution in [1.82, 2.24) is 77.4 Å². The first-order chi connectivity index (χ1) is 57.5. The maximum Gasteiger partial charge on any atom is 0.150 e. The minimum atomic E-state index is -0.127. The lowest BCUT2D eigenvalue weighted by molar-refractivity contribution is 0.336. The van der Waals surface area contributed by atoms with Gasteiger partial charge in [0.1, 0.15) is 86.8 Å².